The summed E-state index contributed by atoms with van der Waals surface area (Å²) in [5, 5.41) is 7.44. The maximum Gasteiger partial charge on any atom is 0.307 e. The van der Waals surface area contributed by atoms with Crippen molar-refractivity contribution in [3.63, 3.8) is 0 Å². The van der Waals surface area contributed by atoms with Gasteiger partial charge in [-0.15, -0.1) is 0 Å². The average molecular weight is 345 g/mol. The van der Waals surface area contributed by atoms with Crippen LogP contribution in [0.25, 0.3) is 0 Å². The van der Waals surface area contributed by atoms with Crippen molar-refractivity contribution < 1.29 is 9.59 Å². The zero-order valence-electron chi connectivity index (χ0n) is 13.4. The third-order valence-electron chi connectivity index (χ3n) is 3.90. The number of hydrogen-bond donors (Lipinski definition) is 2. The number of nitrogens with one attached hydrogen (secondary N) is 2. The molecule has 0 bridgehead atoms. The Morgan fingerprint density at radius 3 is 2.58 bits per heavy atom. The van der Waals surface area contributed by atoms with Crippen LogP contribution in [0.3, 0.4) is 0 Å². The van der Waals surface area contributed by atoms with Crippen LogP contribution in [0, 0.1) is 12.8 Å². The fourth-order valence-electron chi connectivity index (χ4n) is 2.38. The summed E-state index contributed by atoms with van der Waals surface area (Å²) in [6.45, 7) is 2.21. The van der Waals surface area contributed by atoms with Gasteiger partial charge < -0.3 is 15.2 Å². The van der Waals surface area contributed by atoms with E-state index in [1.54, 1.807) is 34.2 Å². The number of aryl methyl sites for hydroxylation is 1. The first-order valence-electron chi connectivity index (χ1n) is 7.88. The van der Waals surface area contributed by atoms with Gasteiger partial charge in [-0.25, -0.2) is 0 Å². The largest absolute Gasteiger partial charge is 0.326 e. The molecule has 0 spiro atoms. The van der Waals surface area contributed by atoms with Gasteiger partial charge in [0.1, 0.15) is 0 Å². The summed E-state index contributed by atoms with van der Waals surface area (Å²) < 4.78 is 1.59. The minimum Gasteiger partial charge on any atom is -0.326 e. The lowest BCUT2D eigenvalue weighted by molar-refractivity contribution is -0.117. The summed E-state index contributed by atoms with van der Waals surface area (Å²) in [7, 11) is 0. The van der Waals surface area contributed by atoms with Crippen LogP contribution in [-0.2, 0) is 16.1 Å². The number of hydrogen-bond acceptors (Lipinski definition) is 4. The highest BCUT2D eigenvalue weighted by Crippen LogP contribution is 2.30. The molecule has 1 fully saturated rings. The van der Waals surface area contributed by atoms with E-state index in [2.05, 4.69) is 10.6 Å². The van der Waals surface area contributed by atoms with Crippen molar-refractivity contribution in [2.24, 2.45) is 5.92 Å². The van der Waals surface area contributed by atoms with Gasteiger partial charge >= 0.3 is 4.87 Å². The SMILES string of the molecule is Cc1csc(=O)n1CCC(=O)Nc1cccc(NC(=O)C2CC2)c1. The second-order valence-corrected chi connectivity index (χ2v) is 6.76. The van der Waals surface area contributed by atoms with Crippen LogP contribution >= 0.6 is 11.3 Å². The van der Waals surface area contributed by atoms with Crippen molar-refractivity contribution in [3.05, 3.63) is 45.0 Å². The number of carbonyl (C=O) groups excluding carboxylic acids is 2. The summed E-state index contributed by atoms with van der Waals surface area (Å²) in [5.74, 6) is -0.000589. The fraction of sp³-hybridized carbons (Fsp3) is 0.353. The Labute approximate surface area is 143 Å². The molecule has 1 aromatic heterocycles. The van der Waals surface area contributed by atoms with Gasteiger partial charge in [0, 0.05) is 41.3 Å². The quantitative estimate of drug-likeness (QED) is 0.844. The molecule has 6 nitrogen and oxygen atoms in total. The molecular weight excluding hydrogens is 326 g/mol. The fourth-order valence-corrected chi connectivity index (χ4v) is 3.14. The van der Waals surface area contributed by atoms with Crippen LogP contribution in [0.4, 0.5) is 11.4 Å². The molecule has 2 aromatic rings. The summed E-state index contributed by atoms with van der Waals surface area (Å²) in [6, 6.07) is 7.09. The highest BCUT2D eigenvalue weighted by Gasteiger charge is 2.29. The molecule has 1 aliphatic rings. The molecular formula is C17H19N3O3S. The summed E-state index contributed by atoms with van der Waals surface area (Å²) in [5.41, 5.74) is 2.17. The van der Waals surface area contributed by atoms with Gasteiger partial charge in [0.05, 0.1) is 0 Å². The molecule has 2 N–H and O–H groups in total. The first-order chi connectivity index (χ1) is 11.5. The van der Waals surface area contributed by atoms with Gasteiger partial charge in [0.2, 0.25) is 11.8 Å². The molecule has 1 saturated carbocycles. The lowest BCUT2D eigenvalue weighted by Crippen LogP contribution is -2.20. The van der Waals surface area contributed by atoms with Crippen LogP contribution in [0.5, 0.6) is 0 Å². The van der Waals surface area contributed by atoms with E-state index in [0.717, 1.165) is 29.9 Å². The Hall–Kier alpha value is -2.41. The smallest absolute Gasteiger partial charge is 0.307 e. The molecule has 1 heterocycles. The normalized spacial score (nSPS) is 13.5. The van der Waals surface area contributed by atoms with Crippen LogP contribution < -0.4 is 15.5 Å². The third-order valence-corrected chi connectivity index (χ3v) is 4.78. The molecule has 0 saturated heterocycles. The van der Waals surface area contributed by atoms with Crippen LogP contribution in [0.1, 0.15) is 25.0 Å². The van der Waals surface area contributed by atoms with Crippen LogP contribution in [0.15, 0.2) is 34.4 Å². The molecule has 1 aromatic carbocycles. The standard InChI is InChI=1S/C17H19N3O3S/c1-11-10-24-17(23)20(11)8-7-15(21)18-13-3-2-4-14(9-13)19-16(22)12-5-6-12/h2-4,9-10,12H,5-8H2,1H3,(H,18,21)(H,19,22). The summed E-state index contributed by atoms with van der Waals surface area (Å²) in [6.07, 6.45) is 2.11. The van der Waals surface area contributed by atoms with Gasteiger partial charge in [-0.3, -0.25) is 14.4 Å². The number of anilines is 2. The van der Waals surface area contributed by atoms with E-state index < -0.39 is 0 Å². The van der Waals surface area contributed by atoms with Crippen LogP contribution in [0.2, 0.25) is 0 Å². The Morgan fingerprint density at radius 2 is 1.96 bits per heavy atom. The topological polar surface area (TPSA) is 80.2 Å². The van der Waals surface area contributed by atoms with Crippen molar-refractivity contribution in [2.45, 2.75) is 32.7 Å². The molecule has 0 radical (unpaired) electrons. The second kappa shape index (κ2) is 7.00. The van der Waals surface area contributed by atoms with Crippen LogP contribution in [-0.4, -0.2) is 16.4 Å². The first kappa shape index (κ1) is 16.4. The number of carbonyl (C=O) groups is 2. The highest BCUT2D eigenvalue weighted by molar-refractivity contribution is 7.07. The molecule has 0 aliphatic heterocycles. The average Bonchev–Trinajstić information content (AvgIpc) is 3.33. The number of aromatic nitrogens is 1. The second-order valence-electron chi connectivity index (χ2n) is 5.94. The van der Waals surface area contributed by atoms with E-state index >= 15 is 0 Å². The summed E-state index contributed by atoms with van der Waals surface area (Å²) >= 11 is 1.14. The van der Waals surface area contributed by atoms with Gasteiger partial charge in [-0.2, -0.15) is 0 Å². The molecule has 2 amide bonds. The first-order valence-corrected chi connectivity index (χ1v) is 8.76. The minimum absolute atomic E-state index is 0.0331. The predicted molar refractivity (Wildman–Crippen MR) is 94.4 cm³/mol. The Kier molecular flexibility index (Phi) is 4.80. The molecule has 24 heavy (non-hydrogen) atoms. The monoisotopic (exact) mass is 345 g/mol. The Morgan fingerprint density at radius 1 is 1.25 bits per heavy atom. The number of nitrogens with zero attached hydrogens (tertiary/aromatic N) is 1. The van der Waals surface area contributed by atoms with E-state index in [1.165, 1.54) is 0 Å². The van der Waals surface area contributed by atoms with Crippen molar-refractivity contribution in [1.82, 2.24) is 4.57 Å². The van der Waals surface area contributed by atoms with Gasteiger partial charge in [-0.1, -0.05) is 17.4 Å². The molecule has 126 valence electrons. The molecule has 7 heteroatoms. The number of benzene rings is 1. The summed E-state index contributed by atoms with van der Waals surface area (Å²) in [4.78, 5) is 35.4. The van der Waals surface area contributed by atoms with Gasteiger partial charge in [-0.05, 0) is 38.0 Å². The maximum absolute atomic E-state index is 12.1. The van der Waals surface area contributed by atoms with Gasteiger partial charge in [0.15, 0.2) is 0 Å². The maximum atomic E-state index is 12.1. The van der Waals surface area contributed by atoms with E-state index in [0.29, 0.717) is 17.9 Å². The van der Waals surface area contributed by atoms with E-state index in [-0.39, 0.29) is 29.0 Å². The number of rotatable bonds is 6. The lowest BCUT2D eigenvalue weighted by Gasteiger charge is -2.09. The zero-order chi connectivity index (χ0) is 17.1. The number of amides is 2. The van der Waals surface area contributed by atoms with Crippen molar-refractivity contribution in [3.8, 4) is 0 Å². The van der Waals surface area contributed by atoms with E-state index in [9.17, 15) is 14.4 Å². The Bertz CT molecular complexity index is 820. The molecule has 1 aliphatic carbocycles. The molecule has 3 rings (SSSR count). The highest BCUT2D eigenvalue weighted by atomic mass is 32.1. The van der Waals surface area contributed by atoms with Crippen molar-refractivity contribution in [1.29, 1.82) is 0 Å². The van der Waals surface area contributed by atoms with Crippen molar-refractivity contribution >= 4 is 34.5 Å². The van der Waals surface area contributed by atoms with E-state index in [1.807, 2.05) is 6.92 Å². The third kappa shape index (κ3) is 4.11. The lowest BCUT2D eigenvalue weighted by atomic mass is 10.2. The number of thiazole rings is 1. The molecule has 0 unspecified atom stereocenters. The Balaban J connectivity index is 1.56. The minimum atomic E-state index is -0.168. The zero-order valence-corrected chi connectivity index (χ0v) is 14.2. The van der Waals surface area contributed by atoms with Crippen molar-refractivity contribution in [2.75, 3.05) is 10.6 Å². The molecule has 0 atom stereocenters. The van der Waals surface area contributed by atoms with Gasteiger partial charge in [0.25, 0.3) is 0 Å². The van der Waals surface area contributed by atoms with E-state index in [4.69, 9.17) is 0 Å². The predicted octanol–water partition coefficient (Wildman–Crippen LogP) is 2.60.